The van der Waals surface area contributed by atoms with Crippen LogP contribution in [0.2, 0.25) is 0 Å². The maximum Gasteiger partial charge on any atom is 0.257 e. The smallest absolute Gasteiger partial charge is 0.257 e. The molecule has 2 rings (SSSR count). The second-order valence-electron chi connectivity index (χ2n) is 3.98. The SMILES string of the molecule is COc1ccc(O)c(C(=O)N(C)Cc2ncn[nH]2)c1. The molecule has 0 atom stereocenters. The minimum Gasteiger partial charge on any atom is -0.507 e. The van der Waals surface area contributed by atoms with Crippen LogP contribution >= 0.6 is 0 Å². The van der Waals surface area contributed by atoms with Crippen molar-refractivity contribution in [2.75, 3.05) is 14.2 Å². The van der Waals surface area contributed by atoms with Crippen molar-refractivity contribution in [3.63, 3.8) is 0 Å². The van der Waals surface area contributed by atoms with Crippen molar-refractivity contribution in [1.82, 2.24) is 20.1 Å². The Morgan fingerprint density at radius 1 is 1.53 bits per heavy atom. The molecule has 0 saturated carbocycles. The van der Waals surface area contributed by atoms with Crippen LogP contribution in [0.5, 0.6) is 11.5 Å². The number of carbonyl (C=O) groups is 1. The molecule has 1 heterocycles. The first kappa shape index (κ1) is 12.9. The molecule has 2 N–H and O–H groups in total. The lowest BCUT2D eigenvalue weighted by molar-refractivity contribution is 0.0778. The van der Waals surface area contributed by atoms with E-state index in [4.69, 9.17) is 4.74 Å². The van der Waals surface area contributed by atoms with E-state index >= 15 is 0 Å². The number of nitrogens with zero attached hydrogens (tertiary/aromatic N) is 3. The molecule has 0 saturated heterocycles. The number of aromatic amines is 1. The second-order valence-corrected chi connectivity index (χ2v) is 3.98. The maximum atomic E-state index is 12.2. The lowest BCUT2D eigenvalue weighted by atomic mass is 10.1. The number of amides is 1. The number of aromatic hydroxyl groups is 1. The normalized spacial score (nSPS) is 10.2. The number of rotatable bonds is 4. The van der Waals surface area contributed by atoms with Crippen molar-refractivity contribution in [1.29, 1.82) is 0 Å². The minimum atomic E-state index is -0.326. The number of benzene rings is 1. The van der Waals surface area contributed by atoms with Gasteiger partial charge in [0.15, 0.2) is 0 Å². The van der Waals surface area contributed by atoms with Gasteiger partial charge in [0.05, 0.1) is 19.2 Å². The number of nitrogens with one attached hydrogen (secondary N) is 1. The molecule has 0 aliphatic carbocycles. The van der Waals surface area contributed by atoms with Gasteiger partial charge in [0.1, 0.15) is 23.7 Å². The van der Waals surface area contributed by atoms with E-state index in [0.717, 1.165) is 0 Å². The average Bonchev–Trinajstić information content (AvgIpc) is 2.91. The molecule has 1 aromatic carbocycles. The summed E-state index contributed by atoms with van der Waals surface area (Å²) in [5.74, 6) is 0.662. The molecule has 0 unspecified atom stereocenters. The first-order chi connectivity index (χ1) is 9.11. The average molecular weight is 262 g/mol. The fourth-order valence-electron chi connectivity index (χ4n) is 1.62. The summed E-state index contributed by atoms with van der Waals surface area (Å²) < 4.78 is 5.04. The number of aromatic nitrogens is 3. The van der Waals surface area contributed by atoms with Gasteiger partial charge < -0.3 is 14.7 Å². The van der Waals surface area contributed by atoms with Gasteiger partial charge in [0.25, 0.3) is 5.91 Å². The van der Waals surface area contributed by atoms with Crippen LogP contribution in [-0.2, 0) is 6.54 Å². The predicted molar refractivity (Wildman–Crippen MR) is 66.8 cm³/mol. The molecule has 100 valence electrons. The largest absolute Gasteiger partial charge is 0.507 e. The van der Waals surface area contributed by atoms with E-state index in [0.29, 0.717) is 11.6 Å². The molecule has 7 heteroatoms. The van der Waals surface area contributed by atoms with Gasteiger partial charge in [-0.25, -0.2) is 4.98 Å². The molecule has 0 spiro atoms. The van der Waals surface area contributed by atoms with Gasteiger partial charge in [-0.2, -0.15) is 5.10 Å². The summed E-state index contributed by atoms with van der Waals surface area (Å²) in [5.41, 5.74) is 0.182. The Balaban J connectivity index is 2.18. The molecule has 0 aliphatic heterocycles. The number of methoxy groups -OCH3 is 1. The van der Waals surface area contributed by atoms with Crippen molar-refractivity contribution in [3.05, 3.63) is 35.9 Å². The third-order valence-electron chi connectivity index (χ3n) is 2.63. The summed E-state index contributed by atoms with van der Waals surface area (Å²) in [5, 5.41) is 16.1. The summed E-state index contributed by atoms with van der Waals surface area (Å²) in [6.07, 6.45) is 1.37. The van der Waals surface area contributed by atoms with Gasteiger partial charge in [0, 0.05) is 7.05 Å². The topological polar surface area (TPSA) is 91.3 Å². The van der Waals surface area contributed by atoms with Crippen molar-refractivity contribution in [3.8, 4) is 11.5 Å². The van der Waals surface area contributed by atoms with Crippen molar-refractivity contribution in [2.45, 2.75) is 6.54 Å². The molecular formula is C12H14N4O3. The van der Waals surface area contributed by atoms with Crippen molar-refractivity contribution in [2.24, 2.45) is 0 Å². The van der Waals surface area contributed by atoms with Crippen LogP contribution in [0.4, 0.5) is 0 Å². The molecule has 0 fully saturated rings. The van der Waals surface area contributed by atoms with Crippen LogP contribution in [0.1, 0.15) is 16.2 Å². The van der Waals surface area contributed by atoms with E-state index in [1.807, 2.05) is 0 Å². The molecule has 19 heavy (non-hydrogen) atoms. The van der Waals surface area contributed by atoms with Crippen molar-refractivity contribution >= 4 is 5.91 Å². The van der Waals surface area contributed by atoms with Gasteiger partial charge in [-0.1, -0.05) is 0 Å². The Morgan fingerprint density at radius 2 is 2.32 bits per heavy atom. The lowest BCUT2D eigenvalue weighted by Gasteiger charge is -2.16. The number of hydrogen-bond donors (Lipinski definition) is 2. The highest BCUT2D eigenvalue weighted by molar-refractivity contribution is 5.97. The first-order valence-electron chi connectivity index (χ1n) is 5.58. The number of H-pyrrole nitrogens is 1. The van der Waals surface area contributed by atoms with Crippen LogP contribution in [-0.4, -0.2) is 45.3 Å². The quantitative estimate of drug-likeness (QED) is 0.850. The van der Waals surface area contributed by atoms with E-state index in [2.05, 4.69) is 15.2 Å². The molecule has 7 nitrogen and oxygen atoms in total. The Bertz CT molecular complexity index is 568. The van der Waals surface area contributed by atoms with Gasteiger partial charge in [-0.05, 0) is 18.2 Å². The monoisotopic (exact) mass is 262 g/mol. The number of hydrogen-bond acceptors (Lipinski definition) is 5. The van der Waals surface area contributed by atoms with E-state index in [9.17, 15) is 9.90 Å². The Morgan fingerprint density at radius 3 is 2.95 bits per heavy atom. The summed E-state index contributed by atoms with van der Waals surface area (Å²) in [4.78, 5) is 17.6. The standard InChI is InChI=1S/C12H14N4O3/c1-16(6-11-13-7-14-15-11)12(18)9-5-8(19-2)3-4-10(9)17/h3-5,7,17H,6H2,1-2H3,(H,13,14,15). The van der Waals surface area contributed by atoms with E-state index in [-0.39, 0.29) is 23.8 Å². The van der Waals surface area contributed by atoms with Crippen LogP contribution in [0.25, 0.3) is 0 Å². The van der Waals surface area contributed by atoms with Crippen LogP contribution in [0.3, 0.4) is 0 Å². The summed E-state index contributed by atoms with van der Waals surface area (Å²) in [6.45, 7) is 0.273. The fourth-order valence-corrected chi connectivity index (χ4v) is 1.62. The Hall–Kier alpha value is -2.57. The summed E-state index contributed by atoms with van der Waals surface area (Å²) in [6, 6.07) is 4.51. The molecule has 0 bridgehead atoms. The predicted octanol–water partition coefficient (Wildman–Crippen LogP) is 0.791. The fraction of sp³-hybridized carbons (Fsp3) is 0.250. The minimum absolute atomic E-state index is 0.0878. The maximum absolute atomic E-state index is 12.2. The highest BCUT2D eigenvalue weighted by atomic mass is 16.5. The van der Waals surface area contributed by atoms with Gasteiger partial charge in [-0.15, -0.1) is 0 Å². The highest BCUT2D eigenvalue weighted by Gasteiger charge is 2.17. The highest BCUT2D eigenvalue weighted by Crippen LogP contribution is 2.24. The van der Waals surface area contributed by atoms with Crippen LogP contribution in [0, 0.1) is 0 Å². The summed E-state index contributed by atoms with van der Waals surface area (Å²) >= 11 is 0. The Labute approximate surface area is 109 Å². The van der Waals surface area contributed by atoms with Crippen molar-refractivity contribution < 1.29 is 14.6 Å². The van der Waals surface area contributed by atoms with E-state index < -0.39 is 0 Å². The molecule has 0 radical (unpaired) electrons. The van der Waals surface area contributed by atoms with E-state index in [1.54, 1.807) is 13.1 Å². The molecule has 0 aliphatic rings. The molecule has 1 amide bonds. The second kappa shape index (κ2) is 5.38. The lowest BCUT2D eigenvalue weighted by Crippen LogP contribution is -2.26. The van der Waals surface area contributed by atoms with Gasteiger partial charge in [0.2, 0.25) is 0 Å². The molecule has 2 aromatic rings. The Kier molecular flexibility index (Phi) is 3.65. The van der Waals surface area contributed by atoms with Crippen LogP contribution in [0.15, 0.2) is 24.5 Å². The number of ether oxygens (including phenoxy) is 1. The third-order valence-corrected chi connectivity index (χ3v) is 2.63. The molecular weight excluding hydrogens is 248 g/mol. The van der Waals surface area contributed by atoms with Gasteiger partial charge >= 0.3 is 0 Å². The third kappa shape index (κ3) is 2.82. The molecule has 1 aromatic heterocycles. The number of phenols is 1. The number of phenolic OH excluding ortho intramolecular Hbond substituents is 1. The zero-order valence-electron chi connectivity index (χ0n) is 10.6. The van der Waals surface area contributed by atoms with Gasteiger partial charge in [-0.3, -0.25) is 9.89 Å². The van der Waals surface area contributed by atoms with Crippen LogP contribution < -0.4 is 4.74 Å². The zero-order chi connectivity index (χ0) is 13.8. The van der Waals surface area contributed by atoms with E-state index in [1.165, 1.54) is 30.5 Å². The summed E-state index contributed by atoms with van der Waals surface area (Å²) in [7, 11) is 3.11. The first-order valence-corrected chi connectivity index (χ1v) is 5.58. The number of carbonyl (C=O) groups excluding carboxylic acids is 1. The zero-order valence-corrected chi connectivity index (χ0v) is 10.6.